The fourth-order valence-electron chi connectivity index (χ4n) is 1.49. The van der Waals surface area contributed by atoms with Gasteiger partial charge in [-0.3, -0.25) is 4.79 Å². The Labute approximate surface area is 103 Å². The number of rotatable bonds is 3. The minimum atomic E-state index is -0.411. The Kier molecular flexibility index (Phi) is 3.52. The Morgan fingerprint density at radius 3 is 2.89 bits per heavy atom. The maximum absolute atomic E-state index is 13.0. The van der Waals surface area contributed by atoms with Gasteiger partial charge in [0.05, 0.1) is 7.11 Å². The lowest BCUT2D eigenvalue weighted by Gasteiger charge is -2.08. The Hall–Kier alpha value is -2.43. The number of methoxy groups -OCH3 is 1. The minimum Gasteiger partial charge on any atom is -0.480 e. The number of anilines is 1. The van der Waals surface area contributed by atoms with Gasteiger partial charge in [0.15, 0.2) is 0 Å². The van der Waals surface area contributed by atoms with Crippen molar-refractivity contribution in [2.45, 2.75) is 0 Å². The monoisotopic (exact) mass is 246 g/mol. The van der Waals surface area contributed by atoms with Crippen LogP contribution in [0.5, 0.6) is 5.88 Å². The second kappa shape index (κ2) is 5.27. The average molecular weight is 246 g/mol. The van der Waals surface area contributed by atoms with Gasteiger partial charge < -0.3 is 10.1 Å². The highest BCUT2D eigenvalue weighted by Crippen LogP contribution is 2.16. The summed E-state index contributed by atoms with van der Waals surface area (Å²) in [6.07, 6.45) is 1.53. The van der Waals surface area contributed by atoms with Crippen molar-refractivity contribution in [1.82, 2.24) is 4.98 Å². The third-order valence-electron chi connectivity index (χ3n) is 2.29. The number of benzene rings is 1. The van der Waals surface area contributed by atoms with Crippen LogP contribution in [0.1, 0.15) is 10.4 Å². The molecule has 0 unspecified atom stereocenters. The first-order valence-electron chi connectivity index (χ1n) is 5.26. The molecule has 0 saturated carbocycles. The second-order valence-electron chi connectivity index (χ2n) is 3.52. The van der Waals surface area contributed by atoms with Gasteiger partial charge in [0.2, 0.25) is 5.88 Å². The first-order chi connectivity index (χ1) is 8.70. The zero-order valence-electron chi connectivity index (χ0n) is 9.68. The SMILES string of the molecule is COc1ncccc1C(=O)Nc1cccc(F)c1. The fourth-order valence-corrected chi connectivity index (χ4v) is 1.49. The van der Waals surface area contributed by atoms with Crippen molar-refractivity contribution in [3.63, 3.8) is 0 Å². The molecule has 18 heavy (non-hydrogen) atoms. The molecule has 0 bridgehead atoms. The Bertz CT molecular complexity index is 572. The highest BCUT2D eigenvalue weighted by Gasteiger charge is 2.12. The van der Waals surface area contributed by atoms with E-state index in [1.807, 2.05) is 0 Å². The van der Waals surface area contributed by atoms with Gasteiger partial charge in [-0.05, 0) is 30.3 Å². The molecular formula is C13H11FN2O2. The van der Waals surface area contributed by atoms with Gasteiger partial charge >= 0.3 is 0 Å². The van der Waals surface area contributed by atoms with Crippen LogP contribution in [0.2, 0.25) is 0 Å². The standard InChI is InChI=1S/C13H11FN2O2/c1-18-13-11(6-3-7-15-13)12(17)16-10-5-2-4-9(14)8-10/h2-8H,1H3,(H,16,17). The van der Waals surface area contributed by atoms with Crippen molar-refractivity contribution < 1.29 is 13.9 Å². The van der Waals surface area contributed by atoms with Crippen molar-refractivity contribution in [1.29, 1.82) is 0 Å². The maximum Gasteiger partial charge on any atom is 0.261 e. The Morgan fingerprint density at radius 1 is 1.33 bits per heavy atom. The van der Waals surface area contributed by atoms with E-state index in [-0.39, 0.29) is 5.88 Å². The number of halogens is 1. The van der Waals surface area contributed by atoms with E-state index in [9.17, 15) is 9.18 Å². The van der Waals surface area contributed by atoms with Crippen LogP contribution in [0.25, 0.3) is 0 Å². The Balaban J connectivity index is 2.22. The summed E-state index contributed by atoms with van der Waals surface area (Å²) in [6.45, 7) is 0. The number of pyridine rings is 1. The normalized spacial score (nSPS) is 9.89. The molecule has 1 aromatic heterocycles. The van der Waals surface area contributed by atoms with Gasteiger partial charge in [-0.25, -0.2) is 9.37 Å². The molecule has 92 valence electrons. The van der Waals surface area contributed by atoms with Crippen molar-refractivity contribution in [3.8, 4) is 5.88 Å². The molecule has 0 atom stereocenters. The van der Waals surface area contributed by atoms with E-state index in [0.717, 1.165) is 0 Å². The van der Waals surface area contributed by atoms with E-state index >= 15 is 0 Å². The van der Waals surface area contributed by atoms with E-state index in [4.69, 9.17) is 4.74 Å². The third-order valence-corrected chi connectivity index (χ3v) is 2.29. The predicted molar refractivity (Wildman–Crippen MR) is 65.1 cm³/mol. The van der Waals surface area contributed by atoms with Gasteiger partial charge in [-0.2, -0.15) is 0 Å². The minimum absolute atomic E-state index is 0.228. The zero-order chi connectivity index (χ0) is 13.0. The highest BCUT2D eigenvalue weighted by molar-refractivity contribution is 6.05. The summed E-state index contributed by atoms with van der Waals surface area (Å²) < 4.78 is 18.0. The molecule has 0 saturated heterocycles. The molecule has 0 radical (unpaired) electrons. The van der Waals surface area contributed by atoms with Crippen LogP contribution in [-0.4, -0.2) is 18.0 Å². The smallest absolute Gasteiger partial charge is 0.261 e. The highest BCUT2D eigenvalue weighted by atomic mass is 19.1. The van der Waals surface area contributed by atoms with Crippen LogP contribution in [0.3, 0.4) is 0 Å². The number of hydrogen-bond donors (Lipinski definition) is 1. The van der Waals surface area contributed by atoms with E-state index in [1.54, 1.807) is 18.2 Å². The molecule has 0 aliphatic heterocycles. The van der Waals surface area contributed by atoms with E-state index in [1.165, 1.54) is 31.5 Å². The van der Waals surface area contributed by atoms with E-state index in [0.29, 0.717) is 11.3 Å². The summed E-state index contributed by atoms with van der Waals surface area (Å²) in [4.78, 5) is 15.9. The lowest BCUT2D eigenvalue weighted by molar-refractivity contribution is 0.102. The molecule has 0 spiro atoms. The maximum atomic E-state index is 13.0. The lowest BCUT2D eigenvalue weighted by atomic mass is 10.2. The number of carbonyl (C=O) groups excluding carboxylic acids is 1. The van der Waals surface area contributed by atoms with Gasteiger partial charge in [0.25, 0.3) is 5.91 Å². The lowest BCUT2D eigenvalue weighted by Crippen LogP contribution is -2.13. The first kappa shape index (κ1) is 12.0. The summed E-state index contributed by atoms with van der Waals surface area (Å²) in [5.41, 5.74) is 0.676. The summed E-state index contributed by atoms with van der Waals surface area (Å²) in [5.74, 6) is -0.581. The van der Waals surface area contributed by atoms with E-state index < -0.39 is 11.7 Å². The van der Waals surface area contributed by atoms with Crippen molar-refractivity contribution in [3.05, 3.63) is 54.0 Å². The molecule has 4 nitrogen and oxygen atoms in total. The number of amides is 1. The largest absolute Gasteiger partial charge is 0.480 e. The van der Waals surface area contributed by atoms with Crippen molar-refractivity contribution >= 4 is 11.6 Å². The number of carbonyl (C=O) groups is 1. The van der Waals surface area contributed by atoms with Crippen LogP contribution in [0, 0.1) is 5.82 Å². The molecule has 5 heteroatoms. The summed E-state index contributed by atoms with van der Waals surface area (Å²) >= 11 is 0. The quantitative estimate of drug-likeness (QED) is 0.905. The predicted octanol–water partition coefficient (Wildman–Crippen LogP) is 2.48. The number of nitrogens with zero attached hydrogens (tertiary/aromatic N) is 1. The van der Waals surface area contributed by atoms with Crippen LogP contribution in [0.4, 0.5) is 10.1 Å². The first-order valence-corrected chi connectivity index (χ1v) is 5.26. The summed E-state index contributed by atoms with van der Waals surface area (Å²) in [5, 5.41) is 2.57. The molecule has 0 fully saturated rings. The van der Waals surface area contributed by atoms with E-state index in [2.05, 4.69) is 10.3 Å². The average Bonchev–Trinajstić information content (AvgIpc) is 2.38. The number of nitrogens with one attached hydrogen (secondary N) is 1. The fraction of sp³-hybridized carbons (Fsp3) is 0.0769. The van der Waals surface area contributed by atoms with Crippen LogP contribution in [0.15, 0.2) is 42.6 Å². The van der Waals surface area contributed by atoms with Crippen LogP contribution < -0.4 is 10.1 Å². The number of aromatic nitrogens is 1. The van der Waals surface area contributed by atoms with Crippen molar-refractivity contribution in [2.75, 3.05) is 12.4 Å². The molecular weight excluding hydrogens is 235 g/mol. The molecule has 0 aliphatic rings. The summed E-state index contributed by atoms with van der Waals surface area (Å²) in [7, 11) is 1.43. The third kappa shape index (κ3) is 2.63. The van der Waals surface area contributed by atoms with Gasteiger partial charge in [0.1, 0.15) is 11.4 Å². The van der Waals surface area contributed by atoms with Crippen LogP contribution >= 0.6 is 0 Å². The molecule has 0 aliphatic carbocycles. The van der Waals surface area contributed by atoms with Gasteiger partial charge in [0, 0.05) is 11.9 Å². The number of hydrogen-bond acceptors (Lipinski definition) is 3. The molecule has 1 heterocycles. The van der Waals surface area contributed by atoms with Crippen molar-refractivity contribution in [2.24, 2.45) is 0 Å². The van der Waals surface area contributed by atoms with Gasteiger partial charge in [-0.1, -0.05) is 6.07 Å². The molecule has 1 aromatic carbocycles. The summed E-state index contributed by atoms with van der Waals surface area (Å²) in [6, 6.07) is 8.87. The molecule has 1 N–H and O–H groups in total. The van der Waals surface area contributed by atoms with Gasteiger partial charge in [-0.15, -0.1) is 0 Å². The Morgan fingerprint density at radius 2 is 2.17 bits per heavy atom. The topological polar surface area (TPSA) is 51.2 Å². The number of ether oxygens (including phenoxy) is 1. The zero-order valence-corrected chi connectivity index (χ0v) is 9.68. The molecule has 2 rings (SSSR count). The molecule has 1 amide bonds. The molecule has 2 aromatic rings. The second-order valence-corrected chi connectivity index (χ2v) is 3.52. The van der Waals surface area contributed by atoms with Crippen LogP contribution in [-0.2, 0) is 0 Å².